The van der Waals surface area contributed by atoms with Gasteiger partial charge in [-0.05, 0) is 34.8 Å². The predicted octanol–water partition coefficient (Wildman–Crippen LogP) is 4.35. The van der Waals surface area contributed by atoms with Gasteiger partial charge in [0.05, 0.1) is 6.61 Å². The molecule has 0 aromatic carbocycles. The van der Waals surface area contributed by atoms with Crippen molar-refractivity contribution in [3.8, 4) is 0 Å². The van der Waals surface area contributed by atoms with Gasteiger partial charge in [-0.1, -0.05) is 25.9 Å². The molecule has 1 saturated heterocycles. The average Bonchev–Trinajstić information content (AvgIpc) is 3.03. The zero-order valence-corrected chi connectivity index (χ0v) is 15.6. The maximum atomic E-state index is 13.5. The van der Waals surface area contributed by atoms with E-state index in [0.29, 0.717) is 35.7 Å². The van der Waals surface area contributed by atoms with E-state index in [1.807, 2.05) is 6.92 Å². The molecule has 1 saturated carbocycles. The molecule has 2 heterocycles. The monoisotopic (exact) mass is 364 g/mol. The average molecular weight is 364 g/mol. The van der Waals surface area contributed by atoms with Gasteiger partial charge in [0.15, 0.2) is 11.6 Å². The summed E-state index contributed by atoms with van der Waals surface area (Å²) in [5.74, 6) is 0.670. The molecule has 26 heavy (non-hydrogen) atoms. The number of fused-ring (bicyclic) bond motifs is 1. The SMILES string of the molecule is CC1CC(F)=C(F)C=C1c1cc(COCCN2CC3C(C2)C3(C)C)on1. The zero-order chi connectivity index (χ0) is 18.5. The summed E-state index contributed by atoms with van der Waals surface area (Å²) in [5.41, 5.74) is 1.76. The van der Waals surface area contributed by atoms with Gasteiger partial charge in [0.1, 0.15) is 18.1 Å². The Balaban J connectivity index is 1.24. The molecular formula is C20H26F2N2O2. The molecule has 0 N–H and O–H groups in total. The van der Waals surface area contributed by atoms with Crippen molar-refractivity contribution in [3.05, 3.63) is 35.3 Å². The fourth-order valence-electron chi connectivity index (χ4n) is 4.44. The number of piperidine rings is 1. The van der Waals surface area contributed by atoms with E-state index >= 15 is 0 Å². The van der Waals surface area contributed by atoms with Gasteiger partial charge in [0.25, 0.3) is 0 Å². The Hall–Kier alpha value is -1.53. The first-order chi connectivity index (χ1) is 12.4. The molecule has 4 nitrogen and oxygen atoms in total. The van der Waals surface area contributed by atoms with Crippen molar-refractivity contribution < 1.29 is 18.0 Å². The summed E-state index contributed by atoms with van der Waals surface area (Å²) in [6.07, 6.45) is 1.27. The Bertz CT molecular complexity index is 739. The molecule has 3 aliphatic rings. The molecule has 1 aromatic rings. The topological polar surface area (TPSA) is 38.5 Å². The minimum atomic E-state index is -0.814. The van der Waals surface area contributed by atoms with Crippen LogP contribution in [0.1, 0.15) is 38.6 Å². The van der Waals surface area contributed by atoms with Gasteiger partial charge in [-0.15, -0.1) is 0 Å². The first kappa shape index (κ1) is 17.9. The van der Waals surface area contributed by atoms with Crippen LogP contribution < -0.4 is 0 Å². The molecule has 142 valence electrons. The van der Waals surface area contributed by atoms with Gasteiger partial charge in [-0.2, -0.15) is 0 Å². The van der Waals surface area contributed by atoms with Crippen molar-refractivity contribution in [3.63, 3.8) is 0 Å². The Kier molecular flexibility index (Phi) is 4.51. The third-order valence-electron chi connectivity index (χ3n) is 6.41. The molecule has 0 bridgehead atoms. The number of hydrogen-bond acceptors (Lipinski definition) is 4. The minimum Gasteiger partial charge on any atom is -0.372 e. The lowest BCUT2D eigenvalue weighted by molar-refractivity contribution is 0.0784. The van der Waals surface area contributed by atoms with Gasteiger partial charge in [0, 0.05) is 32.1 Å². The van der Waals surface area contributed by atoms with Crippen LogP contribution in [0.5, 0.6) is 0 Å². The van der Waals surface area contributed by atoms with Crippen LogP contribution in [-0.4, -0.2) is 36.3 Å². The van der Waals surface area contributed by atoms with E-state index in [1.54, 1.807) is 6.07 Å². The smallest absolute Gasteiger partial charge is 0.162 e. The quantitative estimate of drug-likeness (QED) is 0.704. The Morgan fingerprint density at radius 3 is 2.77 bits per heavy atom. The number of hydrogen-bond donors (Lipinski definition) is 0. The van der Waals surface area contributed by atoms with Gasteiger partial charge in [-0.3, -0.25) is 0 Å². The van der Waals surface area contributed by atoms with Crippen LogP contribution in [0.2, 0.25) is 0 Å². The third kappa shape index (κ3) is 3.25. The molecular weight excluding hydrogens is 338 g/mol. The van der Waals surface area contributed by atoms with Crippen molar-refractivity contribution in [2.24, 2.45) is 23.2 Å². The number of aromatic nitrogens is 1. The number of ether oxygens (including phenoxy) is 1. The Labute approximate surface area is 152 Å². The lowest BCUT2D eigenvalue weighted by atomic mass is 9.90. The summed E-state index contributed by atoms with van der Waals surface area (Å²) in [6, 6.07) is 1.76. The van der Waals surface area contributed by atoms with Crippen molar-refractivity contribution in [2.45, 2.75) is 33.8 Å². The highest BCUT2D eigenvalue weighted by Gasteiger charge is 2.61. The normalized spacial score (nSPS) is 30.5. The zero-order valence-electron chi connectivity index (χ0n) is 15.6. The van der Waals surface area contributed by atoms with Crippen molar-refractivity contribution in [2.75, 3.05) is 26.2 Å². The highest BCUT2D eigenvalue weighted by Crippen LogP contribution is 2.61. The fourth-order valence-corrected chi connectivity index (χ4v) is 4.44. The summed E-state index contributed by atoms with van der Waals surface area (Å²) in [5, 5.41) is 3.99. The van der Waals surface area contributed by atoms with E-state index < -0.39 is 11.7 Å². The van der Waals surface area contributed by atoms with E-state index in [9.17, 15) is 8.78 Å². The van der Waals surface area contributed by atoms with Gasteiger partial charge >= 0.3 is 0 Å². The van der Waals surface area contributed by atoms with E-state index in [0.717, 1.165) is 18.4 Å². The fraction of sp³-hybridized carbons (Fsp3) is 0.650. The van der Waals surface area contributed by atoms with Crippen LogP contribution in [0, 0.1) is 23.2 Å². The molecule has 0 amide bonds. The van der Waals surface area contributed by atoms with Crippen LogP contribution in [0.15, 0.2) is 28.3 Å². The number of nitrogens with zero attached hydrogens (tertiary/aromatic N) is 2. The second-order valence-corrected chi connectivity index (χ2v) is 8.48. The first-order valence-electron chi connectivity index (χ1n) is 9.38. The summed E-state index contributed by atoms with van der Waals surface area (Å²) in [7, 11) is 0. The second kappa shape index (κ2) is 6.57. The van der Waals surface area contributed by atoms with Crippen LogP contribution in [-0.2, 0) is 11.3 Å². The highest BCUT2D eigenvalue weighted by atomic mass is 19.2. The van der Waals surface area contributed by atoms with E-state index in [-0.39, 0.29) is 12.3 Å². The van der Waals surface area contributed by atoms with Crippen LogP contribution in [0.4, 0.5) is 8.78 Å². The third-order valence-corrected chi connectivity index (χ3v) is 6.41. The van der Waals surface area contributed by atoms with Crippen molar-refractivity contribution in [1.82, 2.24) is 10.1 Å². The van der Waals surface area contributed by atoms with E-state index in [4.69, 9.17) is 9.26 Å². The molecule has 4 rings (SSSR count). The molecule has 1 aliphatic heterocycles. The molecule has 3 unspecified atom stereocenters. The van der Waals surface area contributed by atoms with Crippen LogP contribution >= 0.6 is 0 Å². The second-order valence-electron chi connectivity index (χ2n) is 8.48. The summed E-state index contributed by atoms with van der Waals surface area (Å²) in [4.78, 5) is 2.46. The molecule has 2 fully saturated rings. The predicted molar refractivity (Wildman–Crippen MR) is 94.4 cm³/mol. The van der Waals surface area contributed by atoms with Crippen LogP contribution in [0.3, 0.4) is 0 Å². The largest absolute Gasteiger partial charge is 0.372 e. The molecule has 1 aromatic heterocycles. The maximum Gasteiger partial charge on any atom is 0.162 e. The van der Waals surface area contributed by atoms with E-state index in [1.165, 1.54) is 19.2 Å². The van der Waals surface area contributed by atoms with Crippen molar-refractivity contribution in [1.29, 1.82) is 0 Å². The van der Waals surface area contributed by atoms with Crippen LogP contribution in [0.25, 0.3) is 5.57 Å². The lowest BCUT2D eigenvalue weighted by Crippen LogP contribution is -2.29. The molecule has 2 aliphatic carbocycles. The summed E-state index contributed by atoms with van der Waals surface area (Å²) < 4.78 is 37.8. The molecule has 0 radical (unpaired) electrons. The highest BCUT2D eigenvalue weighted by molar-refractivity contribution is 5.68. The van der Waals surface area contributed by atoms with E-state index in [2.05, 4.69) is 23.9 Å². The first-order valence-corrected chi connectivity index (χ1v) is 9.38. The van der Waals surface area contributed by atoms with Crippen molar-refractivity contribution >= 4 is 5.57 Å². The Morgan fingerprint density at radius 1 is 1.31 bits per heavy atom. The summed E-state index contributed by atoms with van der Waals surface area (Å²) in [6.45, 7) is 10.8. The van der Waals surface area contributed by atoms with Gasteiger partial charge in [-0.25, -0.2) is 8.78 Å². The number of rotatable bonds is 6. The lowest BCUT2D eigenvalue weighted by Gasteiger charge is -2.21. The number of likely N-dealkylation sites (tertiary alicyclic amines) is 1. The van der Waals surface area contributed by atoms with Gasteiger partial charge < -0.3 is 14.2 Å². The van der Waals surface area contributed by atoms with Gasteiger partial charge in [0.2, 0.25) is 0 Å². The molecule has 0 spiro atoms. The maximum absolute atomic E-state index is 13.5. The molecule has 3 atom stereocenters. The number of allylic oxidation sites excluding steroid dienone is 4. The Morgan fingerprint density at radius 2 is 2.04 bits per heavy atom. The number of halogens is 2. The standard InChI is InChI=1S/C20H26F2N2O2/c1-12-6-17(21)18(22)8-14(12)19-7-13(26-23-19)11-25-5-4-24-9-15-16(10-24)20(15,2)3/h7-8,12,15-16H,4-6,9-11H2,1-3H3. The molecule has 6 heteroatoms. The summed E-state index contributed by atoms with van der Waals surface area (Å²) >= 11 is 0. The minimum absolute atomic E-state index is 0.0605.